The van der Waals surface area contributed by atoms with E-state index in [0.29, 0.717) is 0 Å². The molecule has 1 aromatic heterocycles. The normalized spacial score (nSPS) is 10.6. The minimum atomic E-state index is -2.73. The number of halogens is 3. The molecular weight excluding hydrogens is 284 g/mol. The molecule has 0 aliphatic rings. The van der Waals surface area contributed by atoms with Crippen LogP contribution < -0.4 is 0 Å². The van der Waals surface area contributed by atoms with Crippen LogP contribution in [-0.2, 0) is 10.1 Å². The van der Waals surface area contributed by atoms with Crippen molar-refractivity contribution >= 4 is 21.9 Å². The quantitative estimate of drug-likeness (QED) is 0.635. The molecule has 0 saturated heterocycles. The van der Waals surface area contributed by atoms with E-state index in [0.717, 1.165) is 7.11 Å². The van der Waals surface area contributed by atoms with E-state index in [-0.39, 0.29) is 27.7 Å². The number of ether oxygens (including phenoxy) is 1. The van der Waals surface area contributed by atoms with Crippen LogP contribution in [0.15, 0.2) is 6.20 Å². The number of aryl methyl sites for hydroxylation is 1. The highest BCUT2D eigenvalue weighted by Crippen LogP contribution is 2.29. The number of aromatic nitrogens is 1. The summed E-state index contributed by atoms with van der Waals surface area (Å²) in [6.45, 7) is 1.49. The summed E-state index contributed by atoms with van der Waals surface area (Å²) in [6.07, 6.45) is -1.40. The fourth-order valence-corrected chi connectivity index (χ4v) is 1.80. The SMILES string of the molecule is COC(=O)c1c(CBr)ncc(C)c1C(F)F. The second-order valence-corrected chi connectivity index (χ2v) is 3.66. The van der Waals surface area contributed by atoms with Crippen molar-refractivity contribution in [2.45, 2.75) is 18.7 Å². The van der Waals surface area contributed by atoms with E-state index in [1.54, 1.807) is 0 Å². The lowest BCUT2D eigenvalue weighted by Crippen LogP contribution is -2.12. The lowest BCUT2D eigenvalue weighted by molar-refractivity contribution is 0.0587. The van der Waals surface area contributed by atoms with E-state index in [1.807, 2.05) is 0 Å². The molecule has 1 rings (SSSR count). The first kappa shape index (κ1) is 13.0. The molecule has 6 heteroatoms. The number of carbonyl (C=O) groups is 1. The van der Waals surface area contributed by atoms with Crippen molar-refractivity contribution in [2.75, 3.05) is 7.11 Å². The first-order valence-electron chi connectivity index (χ1n) is 4.43. The Kier molecular flexibility index (Phi) is 4.35. The topological polar surface area (TPSA) is 39.2 Å². The molecule has 0 amide bonds. The molecule has 0 fully saturated rings. The number of alkyl halides is 3. The van der Waals surface area contributed by atoms with Crippen molar-refractivity contribution in [3.63, 3.8) is 0 Å². The summed E-state index contributed by atoms with van der Waals surface area (Å²) < 4.78 is 30.2. The Bertz CT molecular complexity index is 410. The number of pyridine rings is 1. The lowest BCUT2D eigenvalue weighted by Gasteiger charge is -2.12. The molecule has 3 nitrogen and oxygen atoms in total. The minimum Gasteiger partial charge on any atom is -0.465 e. The second kappa shape index (κ2) is 5.34. The predicted molar refractivity (Wildman–Crippen MR) is 57.9 cm³/mol. The Morgan fingerprint density at radius 1 is 1.62 bits per heavy atom. The van der Waals surface area contributed by atoms with Gasteiger partial charge in [-0.25, -0.2) is 13.6 Å². The van der Waals surface area contributed by atoms with Crippen LogP contribution in [0.3, 0.4) is 0 Å². The van der Waals surface area contributed by atoms with Gasteiger partial charge in [0.25, 0.3) is 6.43 Å². The molecule has 88 valence electrons. The maximum atomic E-state index is 12.9. The molecule has 0 atom stereocenters. The van der Waals surface area contributed by atoms with Gasteiger partial charge in [-0.1, -0.05) is 15.9 Å². The van der Waals surface area contributed by atoms with Crippen LogP contribution in [0.1, 0.15) is 33.6 Å². The first-order valence-corrected chi connectivity index (χ1v) is 5.55. The van der Waals surface area contributed by atoms with Crippen LogP contribution in [0.2, 0.25) is 0 Å². The molecule has 0 unspecified atom stereocenters. The van der Waals surface area contributed by atoms with Crippen molar-refractivity contribution in [1.82, 2.24) is 4.98 Å². The van der Waals surface area contributed by atoms with Gasteiger partial charge in [-0.3, -0.25) is 4.98 Å². The molecule has 0 radical (unpaired) electrons. The summed E-state index contributed by atoms with van der Waals surface area (Å²) in [5, 5.41) is 0.220. The fraction of sp³-hybridized carbons (Fsp3) is 0.400. The highest BCUT2D eigenvalue weighted by molar-refractivity contribution is 9.08. The molecular formula is C10H10BrF2NO2. The number of nitrogens with zero attached hydrogens (tertiary/aromatic N) is 1. The van der Waals surface area contributed by atoms with E-state index in [2.05, 4.69) is 25.7 Å². The average molecular weight is 294 g/mol. The summed E-state index contributed by atoms with van der Waals surface area (Å²) in [7, 11) is 1.15. The zero-order valence-electron chi connectivity index (χ0n) is 8.76. The predicted octanol–water partition coefficient (Wildman–Crippen LogP) is 3.01. The minimum absolute atomic E-state index is 0.144. The van der Waals surface area contributed by atoms with E-state index < -0.39 is 12.4 Å². The molecule has 0 aliphatic heterocycles. The van der Waals surface area contributed by atoms with Gasteiger partial charge in [0.2, 0.25) is 0 Å². The third kappa shape index (κ3) is 2.37. The van der Waals surface area contributed by atoms with Crippen molar-refractivity contribution in [2.24, 2.45) is 0 Å². The van der Waals surface area contributed by atoms with Crippen molar-refractivity contribution in [3.05, 3.63) is 28.6 Å². The molecule has 0 aromatic carbocycles. The Morgan fingerprint density at radius 3 is 2.69 bits per heavy atom. The largest absolute Gasteiger partial charge is 0.465 e. The number of carbonyl (C=O) groups excluding carboxylic acids is 1. The van der Waals surface area contributed by atoms with Crippen LogP contribution in [0.4, 0.5) is 8.78 Å². The Labute approximate surface area is 99.9 Å². The van der Waals surface area contributed by atoms with Crippen LogP contribution in [0.25, 0.3) is 0 Å². The van der Waals surface area contributed by atoms with Crippen LogP contribution in [0.5, 0.6) is 0 Å². The first-order chi connectivity index (χ1) is 7.52. The van der Waals surface area contributed by atoms with Gasteiger partial charge in [-0.05, 0) is 12.5 Å². The maximum absolute atomic E-state index is 12.9. The molecule has 1 aromatic rings. The Hall–Kier alpha value is -1.04. The van der Waals surface area contributed by atoms with Crippen molar-refractivity contribution < 1.29 is 18.3 Å². The van der Waals surface area contributed by atoms with Gasteiger partial charge in [0.1, 0.15) is 0 Å². The Balaban J connectivity index is 3.48. The fourth-order valence-electron chi connectivity index (χ4n) is 1.37. The standard InChI is InChI=1S/C10H10BrF2NO2/c1-5-4-14-6(3-11)8(10(15)16-2)7(5)9(12)13/h4,9H,3H2,1-2H3. The summed E-state index contributed by atoms with van der Waals surface area (Å²) in [5.74, 6) is -0.791. The zero-order valence-corrected chi connectivity index (χ0v) is 10.3. The summed E-state index contributed by atoms with van der Waals surface area (Å²) in [5.41, 5.74) is 0.0820. The number of hydrogen-bond donors (Lipinski definition) is 0. The third-order valence-corrected chi connectivity index (χ3v) is 2.66. The van der Waals surface area contributed by atoms with Gasteiger partial charge in [-0.15, -0.1) is 0 Å². The highest BCUT2D eigenvalue weighted by Gasteiger charge is 2.25. The molecule has 0 aliphatic carbocycles. The van der Waals surface area contributed by atoms with Crippen LogP contribution >= 0.6 is 15.9 Å². The molecule has 0 bridgehead atoms. The maximum Gasteiger partial charge on any atom is 0.340 e. The lowest BCUT2D eigenvalue weighted by atomic mass is 10.0. The van der Waals surface area contributed by atoms with E-state index in [1.165, 1.54) is 13.1 Å². The van der Waals surface area contributed by atoms with Gasteiger partial charge < -0.3 is 4.74 Å². The number of esters is 1. The van der Waals surface area contributed by atoms with E-state index in [4.69, 9.17) is 0 Å². The molecule has 0 N–H and O–H groups in total. The van der Waals surface area contributed by atoms with Crippen LogP contribution in [0, 0.1) is 6.92 Å². The van der Waals surface area contributed by atoms with Gasteiger partial charge in [0.05, 0.1) is 18.4 Å². The van der Waals surface area contributed by atoms with Gasteiger partial charge >= 0.3 is 5.97 Å². The van der Waals surface area contributed by atoms with Gasteiger partial charge in [0, 0.05) is 17.1 Å². The summed E-state index contributed by atoms with van der Waals surface area (Å²) >= 11 is 3.10. The van der Waals surface area contributed by atoms with E-state index >= 15 is 0 Å². The molecule has 1 heterocycles. The average Bonchev–Trinajstić information content (AvgIpc) is 2.27. The third-order valence-electron chi connectivity index (χ3n) is 2.13. The molecule has 0 saturated carbocycles. The van der Waals surface area contributed by atoms with Crippen molar-refractivity contribution in [3.8, 4) is 0 Å². The Morgan fingerprint density at radius 2 is 2.25 bits per heavy atom. The number of rotatable bonds is 3. The zero-order chi connectivity index (χ0) is 12.3. The molecule has 0 spiro atoms. The van der Waals surface area contributed by atoms with Crippen LogP contribution in [-0.4, -0.2) is 18.1 Å². The molecule has 16 heavy (non-hydrogen) atoms. The smallest absolute Gasteiger partial charge is 0.340 e. The highest BCUT2D eigenvalue weighted by atomic mass is 79.9. The summed E-state index contributed by atoms with van der Waals surface area (Å²) in [4.78, 5) is 15.4. The van der Waals surface area contributed by atoms with Crippen molar-refractivity contribution in [1.29, 1.82) is 0 Å². The summed E-state index contributed by atoms with van der Waals surface area (Å²) in [6, 6.07) is 0. The van der Waals surface area contributed by atoms with Gasteiger partial charge in [0.15, 0.2) is 0 Å². The monoisotopic (exact) mass is 293 g/mol. The number of hydrogen-bond acceptors (Lipinski definition) is 3. The van der Waals surface area contributed by atoms with E-state index in [9.17, 15) is 13.6 Å². The van der Waals surface area contributed by atoms with Gasteiger partial charge in [-0.2, -0.15) is 0 Å². The second-order valence-electron chi connectivity index (χ2n) is 3.10. The number of methoxy groups -OCH3 is 1.